The maximum atomic E-state index is 12.9. The second-order valence-electron chi connectivity index (χ2n) is 6.26. The Morgan fingerprint density at radius 3 is 2.25 bits per heavy atom. The van der Waals surface area contributed by atoms with Crippen molar-refractivity contribution in [2.75, 3.05) is 32.7 Å². The highest BCUT2D eigenvalue weighted by Gasteiger charge is 2.28. The second kappa shape index (κ2) is 8.64. The molecular weight excluding hydrogens is 330 g/mol. The van der Waals surface area contributed by atoms with Crippen molar-refractivity contribution >= 4 is 16.0 Å². The summed E-state index contributed by atoms with van der Waals surface area (Å²) in [7, 11) is -2.19. The van der Waals surface area contributed by atoms with Crippen molar-refractivity contribution in [1.29, 1.82) is 0 Å². The van der Waals surface area contributed by atoms with Crippen molar-refractivity contribution in [1.82, 2.24) is 13.8 Å². The number of sulfonamides is 1. The highest BCUT2D eigenvalue weighted by molar-refractivity contribution is 7.89. The quantitative estimate of drug-likeness (QED) is 0.688. The van der Waals surface area contributed by atoms with Crippen molar-refractivity contribution in [2.24, 2.45) is 13.0 Å². The van der Waals surface area contributed by atoms with Gasteiger partial charge in [-0.15, -0.1) is 0 Å². The maximum absolute atomic E-state index is 12.9. The Morgan fingerprint density at radius 2 is 1.83 bits per heavy atom. The number of aromatic nitrogens is 1. The summed E-state index contributed by atoms with van der Waals surface area (Å²) in [6.45, 7) is 11.2. The van der Waals surface area contributed by atoms with Gasteiger partial charge in [-0.1, -0.05) is 27.7 Å². The van der Waals surface area contributed by atoms with Crippen LogP contribution in [-0.2, 0) is 17.1 Å². The zero-order valence-corrected chi connectivity index (χ0v) is 16.0. The fourth-order valence-corrected chi connectivity index (χ4v) is 4.21. The van der Waals surface area contributed by atoms with Crippen molar-refractivity contribution in [2.45, 2.75) is 32.6 Å². The van der Waals surface area contributed by atoms with Crippen LogP contribution >= 0.6 is 0 Å². The molecule has 0 saturated carbocycles. The van der Waals surface area contributed by atoms with Crippen molar-refractivity contribution < 1.29 is 18.3 Å². The van der Waals surface area contributed by atoms with E-state index in [1.165, 1.54) is 28.2 Å². The highest BCUT2D eigenvalue weighted by atomic mass is 32.2. The van der Waals surface area contributed by atoms with Gasteiger partial charge in [0.25, 0.3) is 0 Å². The standard InChI is InChI=1S/C16H29N3O4S/c1-6-18(7-2)8-9-19(11-13(3)4)24(22,23)14-10-15(16(20)21)17(5)12-14/h10,12-13H,6-9,11H2,1-5H3,(H,20,21). The van der Waals surface area contributed by atoms with Gasteiger partial charge in [0.2, 0.25) is 10.0 Å². The average molecular weight is 359 g/mol. The Morgan fingerprint density at radius 1 is 1.25 bits per heavy atom. The van der Waals surface area contributed by atoms with Crippen LogP contribution in [0.2, 0.25) is 0 Å². The number of carboxylic acid groups (broad SMARTS) is 1. The summed E-state index contributed by atoms with van der Waals surface area (Å²) in [5.41, 5.74) is -0.0400. The molecule has 7 nitrogen and oxygen atoms in total. The molecule has 0 radical (unpaired) electrons. The van der Waals surface area contributed by atoms with Crippen molar-refractivity contribution in [3.8, 4) is 0 Å². The first kappa shape index (κ1) is 20.7. The van der Waals surface area contributed by atoms with Crippen LogP contribution in [-0.4, -0.2) is 66.0 Å². The number of carbonyl (C=O) groups is 1. The van der Waals surface area contributed by atoms with Crippen LogP contribution in [0.1, 0.15) is 38.2 Å². The van der Waals surface area contributed by atoms with Gasteiger partial charge in [0.1, 0.15) is 10.6 Å². The summed E-state index contributed by atoms with van der Waals surface area (Å²) >= 11 is 0. The van der Waals surface area contributed by atoms with Crippen LogP contribution in [0.5, 0.6) is 0 Å². The normalized spacial score (nSPS) is 12.5. The molecule has 0 fully saturated rings. The Balaban J connectivity index is 3.10. The molecule has 0 bridgehead atoms. The molecule has 0 aromatic carbocycles. The number of hydrogen-bond acceptors (Lipinski definition) is 4. The number of rotatable bonds is 10. The number of nitrogens with zero attached hydrogens (tertiary/aromatic N) is 3. The van der Waals surface area contributed by atoms with E-state index in [0.717, 1.165) is 13.1 Å². The summed E-state index contributed by atoms with van der Waals surface area (Å²) in [5, 5.41) is 9.13. The zero-order valence-electron chi connectivity index (χ0n) is 15.2. The molecule has 138 valence electrons. The lowest BCUT2D eigenvalue weighted by molar-refractivity contribution is 0.0686. The molecule has 0 aliphatic heterocycles. The van der Waals surface area contributed by atoms with Gasteiger partial charge < -0.3 is 14.6 Å². The predicted molar refractivity (Wildman–Crippen MR) is 93.8 cm³/mol. The largest absolute Gasteiger partial charge is 0.477 e. The molecule has 0 unspecified atom stereocenters. The molecule has 24 heavy (non-hydrogen) atoms. The molecule has 0 aliphatic rings. The van der Waals surface area contributed by atoms with Gasteiger partial charge >= 0.3 is 5.97 Å². The first-order valence-electron chi connectivity index (χ1n) is 8.25. The molecule has 1 rings (SSSR count). The Kier molecular flexibility index (Phi) is 7.44. The summed E-state index contributed by atoms with van der Waals surface area (Å²) in [4.78, 5) is 13.4. The zero-order chi connectivity index (χ0) is 18.5. The number of aromatic carboxylic acids is 1. The van der Waals surface area contributed by atoms with E-state index in [-0.39, 0.29) is 16.5 Å². The van der Waals surface area contributed by atoms with Crippen LogP contribution in [0.4, 0.5) is 0 Å². The second-order valence-corrected chi connectivity index (χ2v) is 8.20. The summed E-state index contributed by atoms with van der Waals surface area (Å²) < 4.78 is 28.7. The fourth-order valence-electron chi connectivity index (χ4n) is 2.55. The van der Waals surface area contributed by atoms with E-state index < -0.39 is 16.0 Å². The predicted octanol–water partition coefficient (Wildman–Crippen LogP) is 1.71. The van der Waals surface area contributed by atoms with Crippen LogP contribution in [0.25, 0.3) is 0 Å². The van der Waals surface area contributed by atoms with Crippen LogP contribution in [0.3, 0.4) is 0 Å². The van der Waals surface area contributed by atoms with Gasteiger partial charge in [-0.05, 0) is 25.1 Å². The van der Waals surface area contributed by atoms with E-state index in [2.05, 4.69) is 4.90 Å². The molecular formula is C16H29N3O4S. The molecule has 1 heterocycles. The minimum absolute atomic E-state index is 0.0302. The van der Waals surface area contributed by atoms with Gasteiger partial charge in [0.05, 0.1) is 0 Å². The van der Waals surface area contributed by atoms with E-state index >= 15 is 0 Å². The third-order valence-electron chi connectivity index (χ3n) is 3.97. The fraction of sp³-hybridized carbons (Fsp3) is 0.688. The maximum Gasteiger partial charge on any atom is 0.352 e. The first-order chi connectivity index (χ1) is 11.1. The van der Waals surface area contributed by atoms with Gasteiger partial charge in [-0.2, -0.15) is 4.31 Å². The van der Waals surface area contributed by atoms with E-state index in [4.69, 9.17) is 5.11 Å². The minimum Gasteiger partial charge on any atom is -0.477 e. The van der Waals surface area contributed by atoms with E-state index in [0.29, 0.717) is 19.6 Å². The Bertz CT molecular complexity index is 648. The number of likely N-dealkylation sites (N-methyl/N-ethyl adjacent to an activating group) is 1. The molecule has 8 heteroatoms. The Hall–Kier alpha value is -1.38. The number of aryl methyl sites for hydroxylation is 1. The van der Waals surface area contributed by atoms with Crippen LogP contribution in [0, 0.1) is 5.92 Å². The molecule has 1 N–H and O–H groups in total. The molecule has 1 aromatic heterocycles. The lowest BCUT2D eigenvalue weighted by Gasteiger charge is -2.26. The van der Waals surface area contributed by atoms with Crippen LogP contribution < -0.4 is 0 Å². The SMILES string of the molecule is CCN(CC)CCN(CC(C)C)S(=O)(=O)c1cc(C(=O)O)n(C)c1. The van der Waals surface area contributed by atoms with Crippen molar-refractivity contribution in [3.63, 3.8) is 0 Å². The molecule has 0 atom stereocenters. The molecule has 1 aromatic rings. The third kappa shape index (κ3) is 5.06. The summed E-state index contributed by atoms with van der Waals surface area (Å²) in [6.07, 6.45) is 1.36. The lowest BCUT2D eigenvalue weighted by atomic mass is 10.2. The smallest absolute Gasteiger partial charge is 0.352 e. The van der Waals surface area contributed by atoms with Crippen molar-refractivity contribution in [3.05, 3.63) is 18.0 Å². The Labute approximate surface area is 144 Å². The summed E-state index contributed by atoms with van der Waals surface area (Å²) in [6, 6.07) is 1.22. The lowest BCUT2D eigenvalue weighted by Crippen LogP contribution is -2.40. The number of carboxylic acids is 1. The minimum atomic E-state index is -3.72. The number of hydrogen-bond donors (Lipinski definition) is 1. The average Bonchev–Trinajstić information content (AvgIpc) is 2.89. The topological polar surface area (TPSA) is 82.8 Å². The van der Waals surface area contributed by atoms with E-state index in [1.807, 2.05) is 27.7 Å². The van der Waals surface area contributed by atoms with E-state index in [9.17, 15) is 13.2 Å². The van der Waals surface area contributed by atoms with Gasteiger partial charge in [0, 0.05) is 32.9 Å². The van der Waals surface area contributed by atoms with E-state index in [1.54, 1.807) is 0 Å². The van der Waals surface area contributed by atoms with Crippen LogP contribution in [0.15, 0.2) is 17.2 Å². The summed E-state index contributed by atoms with van der Waals surface area (Å²) in [5.74, 6) is -0.961. The monoisotopic (exact) mass is 359 g/mol. The third-order valence-corrected chi connectivity index (χ3v) is 5.80. The molecule has 0 aliphatic carbocycles. The van der Waals surface area contributed by atoms with Gasteiger partial charge in [-0.25, -0.2) is 13.2 Å². The molecule has 0 spiro atoms. The first-order valence-corrected chi connectivity index (χ1v) is 9.69. The molecule has 0 saturated heterocycles. The molecule has 0 amide bonds. The van der Waals surface area contributed by atoms with Gasteiger partial charge in [0.15, 0.2) is 0 Å². The highest BCUT2D eigenvalue weighted by Crippen LogP contribution is 2.20. The van der Waals surface area contributed by atoms with Gasteiger partial charge in [-0.3, -0.25) is 0 Å².